The molecule has 9 aromatic rings. The van der Waals surface area contributed by atoms with Gasteiger partial charge in [0.2, 0.25) is 0 Å². The van der Waals surface area contributed by atoms with E-state index < -0.39 is 0 Å². The Morgan fingerprint density at radius 3 is 1.40 bits per heavy atom. The fourth-order valence-electron chi connectivity index (χ4n) is 9.92. The highest BCUT2D eigenvalue weighted by Crippen LogP contribution is 2.45. The van der Waals surface area contributed by atoms with Crippen LogP contribution < -0.4 is 52.4 Å². The van der Waals surface area contributed by atoms with Crippen LogP contribution in [0, 0.1) is 0 Å². The summed E-state index contributed by atoms with van der Waals surface area (Å²) in [5.41, 5.74) is 13.9. The molecule has 0 amide bonds. The molecule has 4 aliphatic rings. The highest BCUT2D eigenvalue weighted by molar-refractivity contribution is 7.02. The van der Waals surface area contributed by atoms with E-state index in [-0.39, 0.29) is 13.4 Å². The Labute approximate surface area is 347 Å². The largest absolute Gasteiger partial charge is 0.296 e. The first-order chi connectivity index (χ1) is 29.8. The summed E-state index contributed by atoms with van der Waals surface area (Å²) in [6, 6.07) is 59.7. The SMILES string of the molecule is c1ccc(N2c3cccc4c3B(c3cncnc32)c2cc3c(nc2N4c2ccccc2)N(c2ccccc2)c2ncnc4c2B3c2ccccc2N4c2ccccc2)cc1. The van der Waals surface area contributed by atoms with E-state index >= 15 is 0 Å². The Kier molecular flexibility index (Phi) is 7.00. The van der Waals surface area contributed by atoms with Crippen molar-refractivity contribution >= 4 is 115 Å². The van der Waals surface area contributed by atoms with Crippen LogP contribution in [0.2, 0.25) is 0 Å². The molecule has 0 spiro atoms. The minimum Gasteiger partial charge on any atom is -0.296 e. The second-order valence-electron chi connectivity index (χ2n) is 15.4. The van der Waals surface area contributed by atoms with Gasteiger partial charge in [0.05, 0.1) is 0 Å². The molecule has 0 saturated carbocycles. The number of pyridine rings is 1. The molecular weight excluding hydrogens is 736 g/mol. The van der Waals surface area contributed by atoms with E-state index in [1.807, 2.05) is 12.3 Å². The summed E-state index contributed by atoms with van der Waals surface area (Å²) in [7, 11) is 0. The van der Waals surface area contributed by atoms with Gasteiger partial charge in [0.25, 0.3) is 13.4 Å². The van der Waals surface area contributed by atoms with E-state index in [2.05, 4.69) is 188 Å². The normalized spacial score (nSPS) is 13.8. The van der Waals surface area contributed by atoms with Crippen LogP contribution in [-0.4, -0.2) is 38.3 Å². The number of para-hydroxylation sites is 5. The Morgan fingerprint density at radius 2 is 0.783 bits per heavy atom. The van der Waals surface area contributed by atoms with Crippen LogP contribution in [0.3, 0.4) is 0 Å². The van der Waals surface area contributed by atoms with Crippen molar-refractivity contribution in [2.24, 2.45) is 0 Å². The van der Waals surface area contributed by atoms with Crippen molar-refractivity contribution in [2.75, 3.05) is 19.6 Å². The maximum absolute atomic E-state index is 5.89. The van der Waals surface area contributed by atoms with Gasteiger partial charge in [-0.3, -0.25) is 19.6 Å². The van der Waals surface area contributed by atoms with Gasteiger partial charge in [-0.05, 0) is 94.0 Å². The molecule has 0 saturated heterocycles. The number of anilines is 12. The van der Waals surface area contributed by atoms with Crippen LogP contribution in [-0.2, 0) is 0 Å². The van der Waals surface area contributed by atoms with E-state index in [4.69, 9.17) is 19.9 Å². The van der Waals surface area contributed by atoms with Gasteiger partial charge in [-0.2, -0.15) is 0 Å². The molecule has 0 aliphatic carbocycles. The summed E-state index contributed by atoms with van der Waals surface area (Å²) in [5.74, 6) is 4.21. The topological polar surface area (TPSA) is 77.4 Å². The maximum atomic E-state index is 5.89. The minimum atomic E-state index is -0.210. The van der Waals surface area contributed by atoms with Gasteiger partial charge in [-0.25, -0.2) is 24.9 Å². The summed E-state index contributed by atoms with van der Waals surface area (Å²) < 4.78 is 0. The van der Waals surface area contributed by atoms with Crippen LogP contribution >= 0.6 is 0 Å². The lowest BCUT2D eigenvalue weighted by molar-refractivity contribution is 1.06. The number of hydrogen-bond donors (Lipinski definition) is 0. The molecule has 13 rings (SSSR count). The van der Waals surface area contributed by atoms with Crippen molar-refractivity contribution in [3.63, 3.8) is 0 Å². The standard InChI is InChI=1S/C49H31B2N9/c1-5-16-32(17-6-1)57-40-25-14-13-24-36(40)50-38-28-37-46(56-47(38)60(35-22-11-4-12-23-35)49-44(50)48(57)54-31-55-49)59(34-20-9-3-10-21-34)42-27-15-26-41-43(42)51(37)39-29-52-30-53-45(39)58(41)33-18-7-2-8-19-33/h1-31H. The van der Waals surface area contributed by atoms with E-state index in [9.17, 15) is 0 Å². The first kappa shape index (κ1) is 33.0. The zero-order valence-corrected chi connectivity index (χ0v) is 32.1. The van der Waals surface area contributed by atoms with Crippen LogP contribution in [0.1, 0.15) is 0 Å². The van der Waals surface area contributed by atoms with E-state index in [1.54, 1.807) is 12.7 Å². The number of aromatic nitrogens is 5. The van der Waals surface area contributed by atoms with Gasteiger partial charge in [-0.1, -0.05) is 103 Å². The average Bonchev–Trinajstić information content (AvgIpc) is 3.32. The van der Waals surface area contributed by atoms with Crippen molar-refractivity contribution in [3.05, 3.63) is 189 Å². The molecule has 0 radical (unpaired) electrons. The fourth-order valence-corrected chi connectivity index (χ4v) is 9.92. The van der Waals surface area contributed by atoms with Crippen LogP contribution in [0.25, 0.3) is 0 Å². The molecule has 9 nitrogen and oxygen atoms in total. The Hall–Kier alpha value is -8.04. The number of nitrogens with zero attached hydrogens (tertiary/aromatic N) is 9. The second-order valence-corrected chi connectivity index (χ2v) is 15.4. The number of benzene rings is 6. The monoisotopic (exact) mass is 767 g/mol. The highest BCUT2D eigenvalue weighted by Gasteiger charge is 2.49. The van der Waals surface area contributed by atoms with Gasteiger partial charge in [0.15, 0.2) is 0 Å². The van der Waals surface area contributed by atoms with Gasteiger partial charge in [0, 0.05) is 51.5 Å². The van der Waals surface area contributed by atoms with E-state index in [0.717, 1.165) is 90.8 Å². The molecule has 4 aliphatic heterocycles. The summed E-state index contributed by atoms with van der Waals surface area (Å²) in [4.78, 5) is 34.9. The number of fused-ring (bicyclic) bond motifs is 8. The lowest BCUT2D eigenvalue weighted by Crippen LogP contribution is -2.66. The molecule has 11 heteroatoms. The zero-order chi connectivity index (χ0) is 39.3. The molecule has 0 N–H and O–H groups in total. The lowest BCUT2D eigenvalue weighted by Gasteiger charge is -2.45. The average molecular weight is 767 g/mol. The zero-order valence-electron chi connectivity index (χ0n) is 32.1. The third kappa shape index (κ3) is 4.57. The van der Waals surface area contributed by atoms with Crippen LogP contribution in [0.15, 0.2) is 189 Å². The molecule has 6 aromatic carbocycles. The van der Waals surface area contributed by atoms with Gasteiger partial charge in [-0.15, -0.1) is 0 Å². The first-order valence-electron chi connectivity index (χ1n) is 20.2. The van der Waals surface area contributed by atoms with Crippen molar-refractivity contribution < 1.29 is 0 Å². The van der Waals surface area contributed by atoms with Crippen molar-refractivity contribution in [3.8, 4) is 0 Å². The molecule has 278 valence electrons. The molecule has 0 unspecified atom stereocenters. The summed E-state index contributed by atoms with van der Waals surface area (Å²) in [6.45, 7) is -0.421. The predicted octanol–water partition coefficient (Wildman–Crippen LogP) is 6.83. The van der Waals surface area contributed by atoms with Gasteiger partial charge < -0.3 is 0 Å². The van der Waals surface area contributed by atoms with E-state index in [1.165, 1.54) is 10.9 Å². The second kappa shape index (κ2) is 12.7. The Balaban J connectivity index is 1.14. The molecule has 3 aromatic heterocycles. The van der Waals surface area contributed by atoms with Crippen molar-refractivity contribution in [1.82, 2.24) is 24.9 Å². The Morgan fingerprint density at radius 1 is 0.333 bits per heavy atom. The highest BCUT2D eigenvalue weighted by atomic mass is 15.3. The van der Waals surface area contributed by atoms with Gasteiger partial charge >= 0.3 is 0 Å². The fraction of sp³-hybridized carbons (Fsp3) is 0. The molecule has 60 heavy (non-hydrogen) atoms. The molecule has 0 bridgehead atoms. The van der Waals surface area contributed by atoms with Gasteiger partial charge in [0.1, 0.15) is 41.7 Å². The third-order valence-corrected chi connectivity index (χ3v) is 12.3. The number of rotatable bonds is 4. The summed E-state index contributed by atoms with van der Waals surface area (Å²) >= 11 is 0. The number of hydrogen-bond acceptors (Lipinski definition) is 9. The first-order valence-corrected chi connectivity index (χ1v) is 20.2. The van der Waals surface area contributed by atoms with Crippen LogP contribution in [0.5, 0.6) is 0 Å². The third-order valence-electron chi connectivity index (χ3n) is 12.3. The Bertz CT molecular complexity index is 2950. The molecule has 0 atom stereocenters. The summed E-state index contributed by atoms with van der Waals surface area (Å²) in [5, 5.41) is 0. The van der Waals surface area contributed by atoms with Crippen molar-refractivity contribution in [1.29, 1.82) is 0 Å². The summed E-state index contributed by atoms with van der Waals surface area (Å²) in [6.07, 6.45) is 5.34. The quantitative estimate of drug-likeness (QED) is 0.179. The molecule has 7 heterocycles. The molecule has 0 fully saturated rings. The lowest BCUT2D eigenvalue weighted by atomic mass is 9.31. The predicted molar refractivity (Wildman–Crippen MR) is 243 cm³/mol. The smallest absolute Gasteiger partial charge is 0.258 e. The maximum Gasteiger partial charge on any atom is 0.258 e. The van der Waals surface area contributed by atoms with E-state index in [0.29, 0.717) is 0 Å². The van der Waals surface area contributed by atoms with Crippen molar-refractivity contribution in [2.45, 2.75) is 0 Å². The van der Waals surface area contributed by atoms with Crippen LogP contribution in [0.4, 0.5) is 68.9 Å². The molecular formula is C49H31B2N9. The minimum absolute atomic E-state index is 0.210.